The van der Waals surface area contributed by atoms with Crippen molar-refractivity contribution in [3.63, 3.8) is 0 Å². The Morgan fingerprint density at radius 1 is 0.941 bits per heavy atom. The van der Waals surface area contributed by atoms with Gasteiger partial charge in [0.25, 0.3) is 0 Å². The third-order valence-electron chi connectivity index (χ3n) is 4.03. The van der Waals surface area contributed by atoms with Crippen molar-refractivity contribution in [2.75, 3.05) is 6.54 Å². The molecule has 1 nitrogen and oxygen atoms in total. The molecule has 1 aromatic rings. The van der Waals surface area contributed by atoms with Crippen molar-refractivity contribution in [1.29, 1.82) is 0 Å². The van der Waals surface area contributed by atoms with Crippen molar-refractivity contribution in [3.8, 4) is 0 Å². The Hall–Kier alpha value is -0.820. The van der Waals surface area contributed by atoms with Crippen LogP contribution in [0.1, 0.15) is 57.6 Å². The van der Waals surface area contributed by atoms with Crippen LogP contribution >= 0.6 is 0 Å². The largest absolute Gasteiger partial charge is 0.293 e. The maximum Gasteiger partial charge on any atom is 0.0351 e. The molecule has 1 heteroatoms. The highest BCUT2D eigenvalue weighted by molar-refractivity contribution is 5.20. The summed E-state index contributed by atoms with van der Waals surface area (Å²) in [6.07, 6.45) is 7.07. The van der Waals surface area contributed by atoms with E-state index in [0.29, 0.717) is 0 Å². The normalized spacial score (nSPS) is 28.1. The van der Waals surface area contributed by atoms with E-state index in [2.05, 4.69) is 35.2 Å². The Morgan fingerprint density at radius 3 is 2.47 bits per heavy atom. The molecule has 2 heterocycles. The van der Waals surface area contributed by atoms with Crippen molar-refractivity contribution < 1.29 is 0 Å². The maximum atomic E-state index is 2.75. The van der Waals surface area contributed by atoms with E-state index in [-0.39, 0.29) is 0 Å². The highest BCUT2D eigenvalue weighted by atomic mass is 15.2. The summed E-state index contributed by atoms with van der Waals surface area (Å²) < 4.78 is 0. The molecule has 2 saturated heterocycles. The molecule has 0 N–H and O–H groups in total. The van der Waals surface area contributed by atoms with Crippen LogP contribution in [0.2, 0.25) is 0 Å². The first-order chi connectivity index (χ1) is 8.45. The number of fused-ring (bicyclic) bond motifs is 1. The van der Waals surface area contributed by atoms with E-state index in [9.17, 15) is 0 Å². The molecule has 94 valence electrons. The van der Waals surface area contributed by atoms with E-state index >= 15 is 0 Å². The highest BCUT2D eigenvalue weighted by Crippen LogP contribution is 2.39. The van der Waals surface area contributed by atoms with Crippen LogP contribution in [0, 0.1) is 0 Å². The van der Waals surface area contributed by atoms with Crippen molar-refractivity contribution in [2.45, 2.75) is 58.0 Å². The Morgan fingerprint density at radius 2 is 1.71 bits per heavy atom. The molecule has 2 aliphatic rings. The van der Waals surface area contributed by atoms with Crippen LogP contribution in [0.3, 0.4) is 0 Å². The molecule has 0 spiro atoms. The fourth-order valence-electron chi connectivity index (χ4n) is 3.29. The van der Waals surface area contributed by atoms with Gasteiger partial charge in [-0.05, 0) is 37.8 Å². The summed E-state index contributed by atoms with van der Waals surface area (Å²) in [5.41, 5.74) is 1.53. The molecule has 2 fully saturated rings. The van der Waals surface area contributed by atoms with E-state index in [1.807, 2.05) is 13.8 Å². The van der Waals surface area contributed by atoms with Gasteiger partial charge in [0.05, 0.1) is 0 Å². The van der Waals surface area contributed by atoms with E-state index in [0.717, 1.165) is 12.1 Å². The van der Waals surface area contributed by atoms with Gasteiger partial charge in [0.2, 0.25) is 0 Å². The van der Waals surface area contributed by atoms with E-state index in [4.69, 9.17) is 0 Å². The number of hydrogen-bond donors (Lipinski definition) is 0. The van der Waals surface area contributed by atoms with Crippen molar-refractivity contribution in [2.24, 2.45) is 0 Å². The summed E-state index contributed by atoms with van der Waals surface area (Å²) in [4.78, 5) is 2.75. The molecule has 0 aliphatic carbocycles. The Balaban J connectivity index is 0.000000514. The lowest BCUT2D eigenvalue weighted by Crippen LogP contribution is -2.35. The van der Waals surface area contributed by atoms with Crippen molar-refractivity contribution in [3.05, 3.63) is 35.9 Å². The number of benzene rings is 1. The Bertz CT molecular complexity index is 320. The number of nitrogens with zero attached hydrogens (tertiary/aromatic N) is 1. The first-order valence-corrected chi connectivity index (χ1v) is 7.26. The van der Waals surface area contributed by atoms with Gasteiger partial charge in [-0.3, -0.25) is 4.90 Å². The molecule has 0 radical (unpaired) electrons. The van der Waals surface area contributed by atoms with E-state index in [1.54, 1.807) is 0 Å². The maximum absolute atomic E-state index is 2.75. The Kier molecular flexibility index (Phi) is 4.61. The molecule has 2 atom stereocenters. The molecule has 0 saturated carbocycles. The highest BCUT2D eigenvalue weighted by Gasteiger charge is 2.35. The molecular weight excluding hydrogens is 206 g/mol. The lowest BCUT2D eigenvalue weighted by atomic mass is 10.0. The quantitative estimate of drug-likeness (QED) is 0.692. The molecule has 2 unspecified atom stereocenters. The predicted molar refractivity (Wildman–Crippen MR) is 74.1 cm³/mol. The lowest BCUT2D eigenvalue weighted by Gasteiger charge is -2.34. The zero-order valence-electron chi connectivity index (χ0n) is 11.2. The minimum Gasteiger partial charge on any atom is -0.293 e. The standard InChI is InChI=1S/C14H19N.C2H6/c1-2-6-12(7-3-1)14-10-9-13-8-4-5-11-15(13)14;1-2/h1-3,6-7,13-14H,4-5,8-11H2;1-2H3. The van der Waals surface area contributed by atoms with Crippen LogP contribution < -0.4 is 0 Å². The van der Waals surface area contributed by atoms with Crippen LogP contribution in [-0.2, 0) is 0 Å². The molecule has 0 amide bonds. The molecule has 0 aromatic heterocycles. The van der Waals surface area contributed by atoms with Crippen molar-refractivity contribution >= 4 is 0 Å². The fourth-order valence-corrected chi connectivity index (χ4v) is 3.29. The SMILES string of the molecule is CC.c1ccc(C2CCC3CCCCN32)cc1. The first-order valence-electron chi connectivity index (χ1n) is 7.26. The first kappa shape index (κ1) is 12.6. The van der Waals surface area contributed by atoms with Gasteiger partial charge >= 0.3 is 0 Å². The monoisotopic (exact) mass is 231 g/mol. The number of hydrogen-bond acceptors (Lipinski definition) is 1. The molecule has 17 heavy (non-hydrogen) atoms. The van der Waals surface area contributed by atoms with Gasteiger partial charge in [-0.15, -0.1) is 0 Å². The van der Waals surface area contributed by atoms with Crippen molar-refractivity contribution in [1.82, 2.24) is 4.90 Å². The van der Waals surface area contributed by atoms with E-state index < -0.39 is 0 Å². The third kappa shape index (κ3) is 2.71. The van der Waals surface area contributed by atoms with Crippen LogP contribution in [0.25, 0.3) is 0 Å². The number of rotatable bonds is 1. The molecule has 2 aliphatic heterocycles. The molecule has 3 rings (SSSR count). The van der Waals surface area contributed by atoms with Gasteiger partial charge in [0.15, 0.2) is 0 Å². The Labute approximate surface area is 106 Å². The van der Waals surface area contributed by atoms with Gasteiger partial charge in [-0.2, -0.15) is 0 Å². The number of piperidine rings is 1. The predicted octanol–water partition coefficient (Wildman–Crippen LogP) is 4.40. The van der Waals surface area contributed by atoms with E-state index in [1.165, 1.54) is 44.2 Å². The molecular formula is C16H25N. The zero-order valence-corrected chi connectivity index (χ0v) is 11.2. The fraction of sp³-hybridized carbons (Fsp3) is 0.625. The van der Waals surface area contributed by atoms with Gasteiger partial charge in [-0.25, -0.2) is 0 Å². The minimum absolute atomic E-state index is 0.719. The summed E-state index contributed by atoms with van der Waals surface area (Å²) in [5, 5.41) is 0. The third-order valence-corrected chi connectivity index (χ3v) is 4.03. The second-order valence-electron chi connectivity index (χ2n) is 4.89. The average Bonchev–Trinajstić information content (AvgIpc) is 2.86. The summed E-state index contributed by atoms with van der Waals surface area (Å²) in [5.74, 6) is 0. The summed E-state index contributed by atoms with van der Waals surface area (Å²) >= 11 is 0. The topological polar surface area (TPSA) is 3.24 Å². The lowest BCUT2D eigenvalue weighted by molar-refractivity contribution is 0.150. The molecule has 0 bridgehead atoms. The van der Waals surface area contributed by atoms with Crippen LogP contribution in [0.5, 0.6) is 0 Å². The summed E-state index contributed by atoms with van der Waals surface area (Å²) in [7, 11) is 0. The van der Waals surface area contributed by atoms with Crippen LogP contribution in [0.4, 0.5) is 0 Å². The van der Waals surface area contributed by atoms with Gasteiger partial charge < -0.3 is 0 Å². The van der Waals surface area contributed by atoms with Gasteiger partial charge in [0.1, 0.15) is 0 Å². The second-order valence-corrected chi connectivity index (χ2v) is 4.89. The van der Waals surface area contributed by atoms with Gasteiger partial charge in [-0.1, -0.05) is 50.6 Å². The smallest absolute Gasteiger partial charge is 0.0351 e. The van der Waals surface area contributed by atoms with Gasteiger partial charge in [0, 0.05) is 12.1 Å². The van der Waals surface area contributed by atoms with Crippen LogP contribution in [-0.4, -0.2) is 17.5 Å². The average molecular weight is 231 g/mol. The minimum atomic E-state index is 0.719. The van der Waals surface area contributed by atoms with Crippen LogP contribution in [0.15, 0.2) is 30.3 Å². The summed E-state index contributed by atoms with van der Waals surface area (Å²) in [6.45, 7) is 5.32. The molecule has 1 aromatic carbocycles. The zero-order chi connectivity index (χ0) is 12.1. The summed E-state index contributed by atoms with van der Waals surface area (Å²) in [6, 6.07) is 12.7. The second kappa shape index (κ2) is 6.20.